The number of hydrogen-bond acceptors (Lipinski definition) is 3. The second-order valence-electron chi connectivity index (χ2n) is 3.02. The Balaban J connectivity index is 2.01. The van der Waals surface area contributed by atoms with Crippen LogP contribution < -0.4 is 5.32 Å². The van der Waals surface area contributed by atoms with Crippen molar-refractivity contribution in [3.8, 4) is 0 Å². The van der Waals surface area contributed by atoms with Gasteiger partial charge in [0.1, 0.15) is 0 Å². The summed E-state index contributed by atoms with van der Waals surface area (Å²) in [4.78, 5) is 0. The molecule has 0 spiro atoms. The van der Waals surface area contributed by atoms with Crippen LogP contribution in [0.5, 0.6) is 0 Å². The lowest BCUT2D eigenvalue weighted by molar-refractivity contribution is 0.185. The lowest BCUT2D eigenvalue weighted by Crippen LogP contribution is -2.28. The largest absolute Gasteiger partial charge is 0.381 e. The molecule has 0 saturated carbocycles. The summed E-state index contributed by atoms with van der Waals surface area (Å²) >= 11 is 1.86. The lowest BCUT2D eigenvalue weighted by Gasteiger charge is -2.13. The first-order chi connectivity index (χ1) is 5.33. The molecule has 0 aliphatic carbocycles. The highest BCUT2D eigenvalue weighted by molar-refractivity contribution is 7.99. The van der Waals surface area contributed by atoms with Crippen LogP contribution in [0.3, 0.4) is 0 Å². The molecule has 0 radical (unpaired) electrons. The second kappa shape index (κ2) is 5.01. The van der Waals surface area contributed by atoms with E-state index in [9.17, 15) is 0 Å². The Morgan fingerprint density at radius 3 is 3.09 bits per heavy atom. The summed E-state index contributed by atoms with van der Waals surface area (Å²) in [5.41, 5.74) is 0. The van der Waals surface area contributed by atoms with E-state index in [4.69, 9.17) is 4.74 Å². The third kappa shape index (κ3) is 3.45. The molecule has 1 fully saturated rings. The summed E-state index contributed by atoms with van der Waals surface area (Å²) in [6.07, 6.45) is 3.36. The van der Waals surface area contributed by atoms with Gasteiger partial charge in [-0.25, -0.2) is 0 Å². The molecule has 1 N–H and O–H groups in total. The number of ether oxygens (including phenoxy) is 1. The molecule has 1 saturated heterocycles. The van der Waals surface area contributed by atoms with Gasteiger partial charge in [-0.15, -0.1) is 11.8 Å². The van der Waals surface area contributed by atoms with E-state index in [0.717, 1.165) is 25.7 Å². The molecule has 66 valence electrons. The summed E-state index contributed by atoms with van der Waals surface area (Å²) in [6, 6.07) is 0. The molecule has 0 aromatic rings. The van der Waals surface area contributed by atoms with Crippen LogP contribution in [0.25, 0.3) is 0 Å². The maximum atomic E-state index is 5.28. The summed E-state index contributed by atoms with van der Waals surface area (Å²) < 4.78 is 5.28. The van der Waals surface area contributed by atoms with Crippen molar-refractivity contribution >= 4 is 11.8 Å². The zero-order chi connectivity index (χ0) is 8.10. The van der Waals surface area contributed by atoms with Crippen molar-refractivity contribution in [1.29, 1.82) is 0 Å². The molecule has 2 unspecified atom stereocenters. The Bertz CT molecular complexity index is 104. The Morgan fingerprint density at radius 1 is 1.73 bits per heavy atom. The highest BCUT2D eigenvalue weighted by Gasteiger charge is 2.15. The Morgan fingerprint density at radius 2 is 2.55 bits per heavy atom. The number of rotatable bonds is 4. The summed E-state index contributed by atoms with van der Waals surface area (Å²) in [5, 5.41) is 4.04. The molecule has 3 heteroatoms. The Hall–Kier alpha value is 0.270. The minimum absolute atomic E-state index is 0.579. The van der Waals surface area contributed by atoms with Gasteiger partial charge in [0.15, 0.2) is 0 Å². The molecule has 0 bridgehead atoms. The summed E-state index contributed by atoms with van der Waals surface area (Å²) in [7, 11) is 0. The van der Waals surface area contributed by atoms with Crippen LogP contribution in [0, 0.1) is 5.92 Å². The Kier molecular flexibility index (Phi) is 4.26. The van der Waals surface area contributed by atoms with E-state index in [0.29, 0.717) is 5.37 Å². The smallest absolute Gasteiger partial charge is 0.0507 e. The number of nitrogens with one attached hydrogen (secondary N) is 1. The molecule has 0 amide bonds. The van der Waals surface area contributed by atoms with E-state index in [1.54, 1.807) is 0 Å². The second-order valence-corrected chi connectivity index (χ2v) is 4.19. The minimum atomic E-state index is 0.579. The third-order valence-corrected chi connectivity index (χ3v) is 2.95. The molecule has 1 aliphatic rings. The predicted molar refractivity (Wildman–Crippen MR) is 49.9 cm³/mol. The van der Waals surface area contributed by atoms with Crippen molar-refractivity contribution in [2.75, 3.05) is 26.0 Å². The first-order valence-corrected chi connectivity index (χ1v) is 5.45. The lowest BCUT2D eigenvalue weighted by atomic mass is 10.1. The zero-order valence-electron chi connectivity index (χ0n) is 7.30. The fourth-order valence-corrected chi connectivity index (χ4v) is 1.42. The fourth-order valence-electron chi connectivity index (χ4n) is 1.16. The molecule has 1 heterocycles. The van der Waals surface area contributed by atoms with Crippen molar-refractivity contribution in [2.45, 2.75) is 18.7 Å². The minimum Gasteiger partial charge on any atom is -0.381 e. The molecule has 1 aliphatic heterocycles. The van der Waals surface area contributed by atoms with Crippen molar-refractivity contribution in [3.05, 3.63) is 0 Å². The van der Waals surface area contributed by atoms with Gasteiger partial charge in [-0.2, -0.15) is 0 Å². The molecular formula is C8H17NOS. The molecule has 1 rings (SSSR count). The van der Waals surface area contributed by atoms with Crippen LogP contribution in [0.2, 0.25) is 0 Å². The van der Waals surface area contributed by atoms with E-state index in [1.807, 2.05) is 11.8 Å². The predicted octanol–water partition coefficient (Wildman–Crippen LogP) is 1.32. The molecule has 2 nitrogen and oxygen atoms in total. The normalized spacial score (nSPS) is 27.3. The van der Waals surface area contributed by atoms with Crippen molar-refractivity contribution in [1.82, 2.24) is 5.32 Å². The van der Waals surface area contributed by atoms with Crippen molar-refractivity contribution in [3.63, 3.8) is 0 Å². The number of hydrogen-bond donors (Lipinski definition) is 1. The van der Waals surface area contributed by atoms with Crippen LogP contribution in [-0.2, 0) is 4.74 Å². The average Bonchev–Trinajstić information content (AvgIpc) is 2.52. The van der Waals surface area contributed by atoms with Gasteiger partial charge in [-0.3, -0.25) is 0 Å². The molecule has 2 atom stereocenters. The van der Waals surface area contributed by atoms with Crippen molar-refractivity contribution < 1.29 is 4.74 Å². The van der Waals surface area contributed by atoms with Crippen LogP contribution in [0.1, 0.15) is 13.3 Å². The monoisotopic (exact) mass is 175 g/mol. The van der Waals surface area contributed by atoms with E-state index < -0.39 is 0 Å². The molecular weight excluding hydrogens is 158 g/mol. The molecule has 0 aromatic heterocycles. The average molecular weight is 175 g/mol. The highest BCUT2D eigenvalue weighted by atomic mass is 32.2. The summed E-state index contributed by atoms with van der Waals surface area (Å²) in [6.45, 7) is 5.22. The standard InChI is InChI=1S/C8H17NOS/c1-7(11-2)9-5-8-3-4-10-6-8/h7-9H,3-6H2,1-2H3. The maximum Gasteiger partial charge on any atom is 0.0507 e. The van der Waals surface area contributed by atoms with Crippen LogP contribution in [0.15, 0.2) is 0 Å². The van der Waals surface area contributed by atoms with Crippen LogP contribution >= 0.6 is 11.8 Å². The van der Waals surface area contributed by atoms with E-state index in [-0.39, 0.29) is 0 Å². The molecule has 0 aromatic carbocycles. The van der Waals surface area contributed by atoms with Gasteiger partial charge < -0.3 is 10.1 Å². The topological polar surface area (TPSA) is 21.3 Å². The van der Waals surface area contributed by atoms with Crippen molar-refractivity contribution in [2.24, 2.45) is 5.92 Å². The van der Waals surface area contributed by atoms with E-state index >= 15 is 0 Å². The molecule has 11 heavy (non-hydrogen) atoms. The van der Waals surface area contributed by atoms with Gasteiger partial charge in [0, 0.05) is 13.2 Å². The van der Waals surface area contributed by atoms with Gasteiger partial charge >= 0.3 is 0 Å². The van der Waals surface area contributed by atoms with Gasteiger partial charge in [0.2, 0.25) is 0 Å². The van der Waals surface area contributed by atoms with Crippen LogP contribution in [0.4, 0.5) is 0 Å². The van der Waals surface area contributed by atoms with E-state index in [2.05, 4.69) is 18.5 Å². The van der Waals surface area contributed by atoms with E-state index in [1.165, 1.54) is 6.42 Å². The van der Waals surface area contributed by atoms with Gasteiger partial charge in [0.25, 0.3) is 0 Å². The highest BCUT2D eigenvalue weighted by Crippen LogP contribution is 2.11. The first-order valence-electron chi connectivity index (χ1n) is 4.17. The summed E-state index contributed by atoms with van der Waals surface area (Å²) in [5.74, 6) is 0.754. The third-order valence-electron chi connectivity index (χ3n) is 2.07. The van der Waals surface area contributed by atoms with Gasteiger partial charge in [0.05, 0.1) is 12.0 Å². The van der Waals surface area contributed by atoms with Gasteiger partial charge in [-0.05, 0) is 25.5 Å². The Labute approximate surface area is 73.1 Å². The quantitative estimate of drug-likeness (QED) is 0.651. The van der Waals surface area contributed by atoms with Gasteiger partial charge in [-0.1, -0.05) is 0 Å². The van der Waals surface area contributed by atoms with Crippen LogP contribution in [-0.4, -0.2) is 31.4 Å². The first kappa shape index (κ1) is 9.36. The maximum absolute atomic E-state index is 5.28. The SMILES string of the molecule is CSC(C)NCC1CCOC1. The zero-order valence-corrected chi connectivity index (χ0v) is 8.12. The number of thioether (sulfide) groups is 1. The fraction of sp³-hybridized carbons (Fsp3) is 1.00.